The van der Waals surface area contributed by atoms with Crippen LogP contribution in [0, 0.1) is 0 Å². The number of hydrogen-bond acceptors (Lipinski definition) is 8. The van der Waals surface area contributed by atoms with E-state index in [2.05, 4.69) is 99.6 Å². The molecule has 8 N–H and O–H groups in total. The van der Waals surface area contributed by atoms with Crippen molar-refractivity contribution < 1.29 is 19.2 Å². The van der Waals surface area contributed by atoms with Crippen LogP contribution in [0.2, 0.25) is 0 Å². The number of carbonyl (C=O) groups excluding carboxylic acids is 4. The van der Waals surface area contributed by atoms with Crippen molar-refractivity contribution in [1.29, 1.82) is 0 Å². The molecule has 4 amide bonds. The van der Waals surface area contributed by atoms with Crippen LogP contribution in [0.3, 0.4) is 0 Å². The molecular formula is C60H112N8O4. The summed E-state index contributed by atoms with van der Waals surface area (Å²) in [7, 11) is 0. The van der Waals surface area contributed by atoms with Crippen LogP contribution in [0.15, 0.2) is 60.8 Å². The van der Waals surface area contributed by atoms with Crippen LogP contribution >= 0.6 is 0 Å². The molecule has 0 fully saturated rings. The van der Waals surface area contributed by atoms with Gasteiger partial charge < -0.3 is 42.5 Å². The van der Waals surface area contributed by atoms with Crippen LogP contribution in [0.1, 0.15) is 219 Å². The number of allylic oxidation sites excluding steroid dienone is 10. The average Bonchev–Trinajstić information content (AvgIpc) is 3.38. The number of hydrogen-bond donors (Lipinski definition) is 6. The van der Waals surface area contributed by atoms with Crippen molar-refractivity contribution in [3.63, 3.8) is 0 Å². The van der Waals surface area contributed by atoms with Gasteiger partial charge in [-0.25, -0.2) is 9.59 Å². The lowest BCUT2D eigenvalue weighted by Gasteiger charge is -2.26. The second-order valence-corrected chi connectivity index (χ2v) is 19.7. The predicted molar refractivity (Wildman–Crippen MR) is 309 cm³/mol. The third-order valence-corrected chi connectivity index (χ3v) is 12.8. The maximum Gasteiger partial charge on any atom is 0.315 e. The van der Waals surface area contributed by atoms with Gasteiger partial charge in [0.05, 0.1) is 13.1 Å². The predicted octanol–water partition coefficient (Wildman–Crippen LogP) is 12.5. The maximum atomic E-state index is 12.4. The zero-order valence-electron chi connectivity index (χ0n) is 46.6. The van der Waals surface area contributed by atoms with E-state index in [4.69, 9.17) is 11.5 Å². The number of rotatable bonds is 54. The number of Topliss-reactive ketones (excluding diaryl/α,β-unsaturated/α-hetero) is 2. The van der Waals surface area contributed by atoms with Crippen LogP contribution in [0.25, 0.3) is 0 Å². The van der Waals surface area contributed by atoms with Gasteiger partial charge in [-0.15, -0.1) is 0 Å². The molecule has 0 aromatic rings. The zero-order chi connectivity index (χ0) is 52.5. The van der Waals surface area contributed by atoms with Crippen LogP contribution in [0.4, 0.5) is 9.59 Å². The Bertz CT molecular complexity index is 1400. The minimum absolute atomic E-state index is 0.00501. The van der Waals surface area contributed by atoms with E-state index < -0.39 is 0 Å². The molecule has 416 valence electrons. The summed E-state index contributed by atoms with van der Waals surface area (Å²) in [4.78, 5) is 54.3. The van der Waals surface area contributed by atoms with Gasteiger partial charge in [0.15, 0.2) is 11.6 Å². The first kappa shape index (κ1) is 68.4. The molecule has 12 heteroatoms. The number of ketones is 2. The van der Waals surface area contributed by atoms with E-state index in [0.29, 0.717) is 39.0 Å². The summed E-state index contributed by atoms with van der Waals surface area (Å²) in [6, 6.07) is -0.599. The highest BCUT2D eigenvalue weighted by atomic mass is 16.2. The number of urea groups is 2. The number of nitrogens with two attached hydrogens (primary N) is 2. The van der Waals surface area contributed by atoms with Crippen LogP contribution < -0.4 is 32.7 Å². The van der Waals surface area contributed by atoms with Crippen molar-refractivity contribution >= 4 is 23.6 Å². The van der Waals surface area contributed by atoms with Crippen molar-refractivity contribution in [2.75, 3.05) is 78.5 Å². The van der Waals surface area contributed by atoms with Crippen LogP contribution in [0.5, 0.6) is 0 Å². The van der Waals surface area contributed by atoms with Gasteiger partial charge in [-0.2, -0.15) is 0 Å². The molecule has 0 saturated heterocycles. The highest BCUT2D eigenvalue weighted by molar-refractivity contribution is 5.86. The van der Waals surface area contributed by atoms with Gasteiger partial charge in [0.25, 0.3) is 0 Å². The van der Waals surface area contributed by atoms with Crippen molar-refractivity contribution in [2.24, 2.45) is 11.5 Å². The van der Waals surface area contributed by atoms with Crippen molar-refractivity contribution in [1.82, 2.24) is 31.1 Å². The SMILES string of the molecule is CCCCC/C=C\C/C=C\CCCCCCCC/C=C\CC(=O)CNC(=O)NCCCN(CCCN)CCCN(CCCN)CCCNC(=O)NCC(=O)CCCCCCCC/C=C\C/C=C\CCCCC. The van der Waals surface area contributed by atoms with E-state index in [1.54, 1.807) is 0 Å². The molecule has 0 bridgehead atoms. The van der Waals surface area contributed by atoms with Crippen LogP contribution in [-0.4, -0.2) is 112 Å². The van der Waals surface area contributed by atoms with Crippen molar-refractivity contribution in [2.45, 2.75) is 219 Å². The second kappa shape index (κ2) is 56.7. The molecule has 0 saturated carbocycles. The quantitative estimate of drug-likeness (QED) is 0.0258. The molecule has 0 rings (SSSR count). The summed E-state index contributed by atoms with van der Waals surface area (Å²) in [5, 5.41) is 11.3. The van der Waals surface area contributed by atoms with E-state index in [1.165, 1.54) is 109 Å². The summed E-state index contributed by atoms with van der Waals surface area (Å²) in [5.74, 6) is 0.0887. The molecule has 0 spiro atoms. The Balaban J connectivity index is 4.07. The fourth-order valence-corrected chi connectivity index (χ4v) is 8.36. The van der Waals surface area contributed by atoms with Gasteiger partial charge in [0, 0.05) is 25.9 Å². The molecule has 0 heterocycles. The lowest BCUT2D eigenvalue weighted by atomic mass is 10.1. The summed E-state index contributed by atoms with van der Waals surface area (Å²) >= 11 is 0. The Morgan fingerprint density at radius 3 is 1.12 bits per heavy atom. The third kappa shape index (κ3) is 52.7. The topological polar surface area (TPSA) is 175 Å². The molecule has 0 atom stereocenters. The maximum absolute atomic E-state index is 12.4. The number of nitrogens with one attached hydrogen (secondary N) is 4. The summed E-state index contributed by atoms with van der Waals surface area (Å²) in [5.41, 5.74) is 11.7. The van der Waals surface area contributed by atoms with Gasteiger partial charge >= 0.3 is 12.1 Å². The average molecular weight is 1010 g/mol. The van der Waals surface area contributed by atoms with Gasteiger partial charge in [0.2, 0.25) is 0 Å². The normalized spacial score (nSPS) is 12.0. The molecule has 0 unspecified atom stereocenters. The second-order valence-electron chi connectivity index (χ2n) is 19.7. The smallest absolute Gasteiger partial charge is 0.315 e. The van der Waals surface area contributed by atoms with E-state index in [0.717, 1.165) is 123 Å². The summed E-state index contributed by atoms with van der Waals surface area (Å²) < 4.78 is 0. The van der Waals surface area contributed by atoms with E-state index in [9.17, 15) is 19.2 Å². The van der Waals surface area contributed by atoms with Crippen molar-refractivity contribution in [3.8, 4) is 0 Å². The third-order valence-electron chi connectivity index (χ3n) is 12.8. The molecular weight excluding hydrogens is 897 g/mol. The van der Waals surface area contributed by atoms with Gasteiger partial charge in [-0.3, -0.25) is 9.59 Å². The van der Waals surface area contributed by atoms with E-state index in [-0.39, 0.29) is 36.7 Å². The zero-order valence-corrected chi connectivity index (χ0v) is 46.6. The van der Waals surface area contributed by atoms with Crippen molar-refractivity contribution in [3.05, 3.63) is 60.8 Å². The number of nitrogens with zero attached hydrogens (tertiary/aromatic N) is 2. The first-order chi connectivity index (χ1) is 35.4. The molecule has 0 aliphatic carbocycles. The number of amides is 4. The monoisotopic (exact) mass is 1010 g/mol. The first-order valence-corrected chi connectivity index (χ1v) is 29.5. The summed E-state index contributed by atoms with van der Waals surface area (Å²) in [6.07, 6.45) is 57.6. The number of unbranched alkanes of at least 4 members (excludes halogenated alkanes) is 19. The fourth-order valence-electron chi connectivity index (χ4n) is 8.36. The minimum Gasteiger partial charge on any atom is -0.338 e. The minimum atomic E-state index is -0.309. The molecule has 0 radical (unpaired) electrons. The molecule has 12 nitrogen and oxygen atoms in total. The Hall–Kier alpha value is -3.58. The molecule has 0 aromatic heterocycles. The Kier molecular flexibility index (Phi) is 53.9. The molecule has 0 aromatic carbocycles. The van der Waals surface area contributed by atoms with Gasteiger partial charge in [0.1, 0.15) is 0 Å². The Morgan fingerprint density at radius 1 is 0.361 bits per heavy atom. The number of carbonyl (C=O) groups is 4. The van der Waals surface area contributed by atoms with E-state index >= 15 is 0 Å². The molecule has 72 heavy (non-hydrogen) atoms. The lowest BCUT2D eigenvalue weighted by Crippen LogP contribution is -2.40. The van der Waals surface area contributed by atoms with Gasteiger partial charge in [-0.05, 0) is 168 Å². The van der Waals surface area contributed by atoms with Gasteiger partial charge in [-0.1, -0.05) is 152 Å². The largest absolute Gasteiger partial charge is 0.338 e. The molecule has 0 aliphatic heterocycles. The summed E-state index contributed by atoms with van der Waals surface area (Å²) in [6.45, 7) is 12.3. The highest BCUT2D eigenvalue weighted by Crippen LogP contribution is 2.12. The molecule has 0 aliphatic rings. The van der Waals surface area contributed by atoms with Crippen LogP contribution in [-0.2, 0) is 9.59 Å². The van der Waals surface area contributed by atoms with E-state index in [1.807, 2.05) is 6.08 Å². The highest BCUT2D eigenvalue weighted by Gasteiger charge is 2.11. The lowest BCUT2D eigenvalue weighted by molar-refractivity contribution is -0.118. The Labute approximate surface area is 442 Å². The fraction of sp³-hybridized carbons (Fsp3) is 0.767. The Morgan fingerprint density at radius 2 is 0.708 bits per heavy atom. The first-order valence-electron chi connectivity index (χ1n) is 29.5. The standard InChI is InChI=1S/C60H112N8O4/c1-3-5-7-9-11-13-15-17-19-21-22-23-25-27-29-31-33-35-37-44-58(70)56-66-60(72)64-48-41-52-68(50-39-46-62)54-42-53-67(49-38-45-61)51-40-47-63-59(71)65-55-57(69)43-36-34-32-30-28-26-24-20-18-16-14-12-10-8-6-4-2/h11-14,17-20,35,37H,3-10,15-16,21-34,36,38-56,61-62H2,1-2H3,(H2,63,65,71)(H2,64,66,72)/b13-11-,14-12-,19-17-,20-18-,37-35-.